The number of rotatable bonds is 3. The maximum atomic E-state index is 10.5. The van der Waals surface area contributed by atoms with E-state index in [9.17, 15) is 5.11 Å². The van der Waals surface area contributed by atoms with Crippen molar-refractivity contribution in [3.05, 3.63) is 34.9 Å². The fourth-order valence-corrected chi connectivity index (χ4v) is 2.22. The zero-order chi connectivity index (χ0) is 12.3. The molecule has 4 heteroatoms. The van der Waals surface area contributed by atoms with Gasteiger partial charge in [0.1, 0.15) is 0 Å². The van der Waals surface area contributed by atoms with Crippen molar-refractivity contribution in [1.29, 1.82) is 0 Å². The third-order valence-corrected chi connectivity index (χ3v) is 3.35. The lowest BCUT2D eigenvalue weighted by molar-refractivity contribution is -0.0253. The molecule has 0 aliphatic carbocycles. The third kappa shape index (κ3) is 3.42. The summed E-state index contributed by atoms with van der Waals surface area (Å²) in [6, 6.07) is 7.38. The van der Waals surface area contributed by atoms with E-state index in [2.05, 4.69) is 4.90 Å². The summed E-state index contributed by atoms with van der Waals surface area (Å²) in [5, 5.41) is 11.2. The van der Waals surface area contributed by atoms with Gasteiger partial charge in [-0.2, -0.15) is 0 Å². The van der Waals surface area contributed by atoms with Crippen LogP contribution in [0.15, 0.2) is 24.3 Å². The van der Waals surface area contributed by atoms with Crippen LogP contribution in [0, 0.1) is 0 Å². The summed E-state index contributed by atoms with van der Waals surface area (Å²) in [4.78, 5) is 2.22. The zero-order valence-electron chi connectivity index (χ0n) is 10.0. The van der Waals surface area contributed by atoms with E-state index in [1.54, 1.807) is 0 Å². The highest BCUT2D eigenvalue weighted by Crippen LogP contribution is 2.23. The topological polar surface area (TPSA) is 32.7 Å². The van der Waals surface area contributed by atoms with Gasteiger partial charge in [-0.05, 0) is 24.6 Å². The van der Waals surface area contributed by atoms with E-state index in [0.29, 0.717) is 11.6 Å². The molecule has 1 aliphatic rings. The molecular formula is C13H18ClNO2. The molecule has 1 N–H and O–H groups in total. The average molecular weight is 256 g/mol. The fraction of sp³-hybridized carbons (Fsp3) is 0.538. The quantitative estimate of drug-likeness (QED) is 0.895. The Balaban J connectivity index is 2.04. The van der Waals surface area contributed by atoms with Gasteiger partial charge >= 0.3 is 0 Å². The Morgan fingerprint density at radius 1 is 1.29 bits per heavy atom. The normalized spacial score (nSPS) is 21.1. The Kier molecular flexibility index (Phi) is 4.05. The van der Waals surface area contributed by atoms with Crippen LogP contribution in [0.5, 0.6) is 0 Å². The van der Waals surface area contributed by atoms with E-state index in [4.69, 9.17) is 16.3 Å². The van der Waals surface area contributed by atoms with Crippen LogP contribution in [0.2, 0.25) is 5.02 Å². The summed E-state index contributed by atoms with van der Waals surface area (Å²) >= 11 is 5.85. The van der Waals surface area contributed by atoms with E-state index in [-0.39, 0.29) is 0 Å². The van der Waals surface area contributed by atoms with Gasteiger partial charge in [0.05, 0.1) is 18.8 Å². The number of halogens is 1. The molecule has 1 atom stereocenters. The standard InChI is InChI=1S/C13H18ClNO2/c1-13(16,10-15-6-8-17-9-7-15)11-2-4-12(14)5-3-11/h2-5,16H,6-10H2,1H3. The van der Waals surface area contributed by atoms with Crippen LogP contribution in [0.25, 0.3) is 0 Å². The smallest absolute Gasteiger partial charge is 0.0994 e. The number of β-amino-alcohol motifs (C(OH)–C–C–N with tert-alkyl or cyclic N) is 1. The van der Waals surface area contributed by atoms with Gasteiger partial charge in [0.2, 0.25) is 0 Å². The molecule has 1 fully saturated rings. The SMILES string of the molecule is CC(O)(CN1CCOCC1)c1ccc(Cl)cc1. The molecule has 0 saturated carbocycles. The van der Waals surface area contributed by atoms with Crippen molar-refractivity contribution in [3.8, 4) is 0 Å². The van der Waals surface area contributed by atoms with E-state index in [1.165, 1.54) is 0 Å². The molecule has 0 bridgehead atoms. The predicted molar refractivity (Wildman–Crippen MR) is 68.3 cm³/mol. The van der Waals surface area contributed by atoms with Gasteiger partial charge in [-0.15, -0.1) is 0 Å². The molecule has 1 heterocycles. The van der Waals surface area contributed by atoms with Crippen molar-refractivity contribution in [2.24, 2.45) is 0 Å². The highest BCUT2D eigenvalue weighted by Gasteiger charge is 2.26. The Labute approximate surface area is 107 Å². The first-order valence-electron chi connectivity index (χ1n) is 5.86. The van der Waals surface area contributed by atoms with E-state index in [1.807, 2.05) is 31.2 Å². The molecule has 17 heavy (non-hydrogen) atoms. The van der Waals surface area contributed by atoms with Crippen LogP contribution in [0.3, 0.4) is 0 Å². The first-order valence-corrected chi connectivity index (χ1v) is 6.24. The van der Waals surface area contributed by atoms with Crippen molar-refractivity contribution in [1.82, 2.24) is 4.90 Å². The summed E-state index contributed by atoms with van der Waals surface area (Å²) in [6.45, 7) is 5.71. The van der Waals surface area contributed by atoms with Gasteiger partial charge < -0.3 is 9.84 Å². The monoisotopic (exact) mass is 255 g/mol. The summed E-state index contributed by atoms with van der Waals surface area (Å²) in [6.07, 6.45) is 0. The predicted octanol–water partition coefficient (Wildman–Crippen LogP) is 1.88. The lowest BCUT2D eigenvalue weighted by Gasteiger charge is -2.34. The molecule has 2 rings (SSSR count). The first-order chi connectivity index (χ1) is 8.08. The number of ether oxygens (including phenoxy) is 1. The summed E-state index contributed by atoms with van der Waals surface area (Å²) in [7, 11) is 0. The highest BCUT2D eigenvalue weighted by atomic mass is 35.5. The van der Waals surface area contributed by atoms with Gasteiger partial charge in [0, 0.05) is 24.7 Å². The van der Waals surface area contributed by atoms with Gasteiger partial charge in [-0.25, -0.2) is 0 Å². The van der Waals surface area contributed by atoms with Gasteiger partial charge in [-0.3, -0.25) is 4.90 Å². The molecule has 1 aromatic rings. The second kappa shape index (κ2) is 5.36. The van der Waals surface area contributed by atoms with Crippen molar-refractivity contribution in [3.63, 3.8) is 0 Å². The number of hydrogen-bond donors (Lipinski definition) is 1. The lowest BCUT2D eigenvalue weighted by atomic mass is 9.95. The van der Waals surface area contributed by atoms with Crippen LogP contribution in [0.4, 0.5) is 0 Å². The highest BCUT2D eigenvalue weighted by molar-refractivity contribution is 6.30. The number of hydrogen-bond acceptors (Lipinski definition) is 3. The third-order valence-electron chi connectivity index (χ3n) is 3.10. The molecule has 1 saturated heterocycles. The second-order valence-corrected chi connectivity index (χ2v) is 5.11. The van der Waals surface area contributed by atoms with E-state index in [0.717, 1.165) is 31.9 Å². The van der Waals surface area contributed by atoms with Crippen LogP contribution in [-0.2, 0) is 10.3 Å². The minimum absolute atomic E-state index is 0.623. The van der Waals surface area contributed by atoms with Crippen molar-refractivity contribution < 1.29 is 9.84 Å². The van der Waals surface area contributed by atoms with Crippen LogP contribution in [0.1, 0.15) is 12.5 Å². The Bertz CT molecular complexity index is 358. The average Bonchev–Trinajstić information content (AvgIpc) is 2.30. The fourth-order valence-electron chi connectivity index (χ4n) is 2.09. The number of nitrogens with zero attached hydrogens (tertiary/aromatic N) is 1. The lowest BCUT2D eigenvalue weighted by Crippen LogP contribution is -2.44. The largest absolute Gasteiger partial charge is 0.384 e. The molecular weight excluding hydrogens is 238 g/mol. The Hall–Kier alpha value is -0.610. The minimum atomic E-state index is -0.845. The molecule has 3 nitrogen and oxygen atoms in total. The Morgan fingerprint density at radius 3 is 2.47 bits per heavy atom. The molecule has 1 unspecified atom stereocenters. The van der Waals surface area contributed by atoms with Gasteiger partial charge in [-0.1, -0.05) is 23.7 Å². The van der Waals surface area contributed by atoms with Crippen LogP contribution < -0.4 is 0 Å². The van der Waals surface area contributed by atoms with Gasteiger partial charge in [0.15, 0.2) is 0 Å². The molecule has 94 valence electrons. The van der Waals surface area contributed by atoms with Crippen LogP contribution in [-0.4, -0.2) is 42.9 Å². The maximum absolute atomic E-state index is 10.5. The molecule has 1 aliphatic heterocycles. The van der Waals surface area contributed by atoms with Crippen molar-refractivity contribution >= 4 is 11.6 Å². The van der Waals surface area contributed by atoms with Crippen LogP contribution >= 0.6 is 11.6 Å². The maximum Gasteiger partial charge on any atom is 0.0994 e. The zero-order valence-corrected chi connectivity index (χ0v) is 10.8. The van der Waals surface area contributed by atoms with Crippen molar-refractivity contribution in [2.45, 2.75) is 12.5 Å². The molecule has 0 aromatic heterocycles. The van der Waals surface area contributed by atoms with E-state index >= 15 is 0 Å². The van der Waals surface area contributed by atoms with Gasteiger partial charge in [0.25, 0.3) is 0 Å². The molecule has 0 spiro atoms. The summed E-state index contributed by atoms with van der Waals surface area (Å²) in [5.74, 6) is 0. The number of morpholine rings is 1. The Morgan fingerprint density at radius 2 is 1.88 bits per heavy atom. The molecule has 0 radical (unpaired) electrons. The van der Waals surface area contributed by atoms with E-state index < -0.39 is 5.60 Å². The molecule has 1 aromatic carbocycles. The number of aliphatic hydroxyl groups is 1. The number of benzene rings is 1. The summed E-state index contributed by atoms with van der Waals surface area (Å²) in [5.41, 5.74) is 0.0514. The second-order valence-electron chi connectivity index (χ2n) is 4.67. The minimum Gasteiger partial charge on any atom is -0.384 e. The molecule has 0 amide bonds. The van der Waals surface area contributed by atoms with Crippen molar-refractivity contribution in [2.75, 3.05) is 32.8 Å². The first kappa shape index (κ1) is 12.8. The summed E-state index contributed by atoms with van der Waals surface area (Å²) < 4.78 is 5.29.